The molecule has 4 aromatic rings. The molecule has 1 saturated heterocycles. The van der Waals surface area contributed by atoms with Crippen molar-refractivity contribution in [2.45, 2.75) is 26.5 Å². The summed E-state index contributed by atoms with van der Waals surface area (Å²) in [5.41, 5.74) is 3.15. The Hall–Kier alpha value is -4.50. The number of benzene rings is 3. The van der Waals surface area contributed by atoms with E-state index in [0.717, 1.165) is 11.1 Å². The van der Waals surface area contributed by atoms with Crippen LogP contribution in [0.5, 0.6) is 11.5 Å². The van der Waals surface area contributed by atoms with Crippen molar-refractivity contribution in [3.8, 4) is 11.5 Å². The molecule has 38 heavy (non-hydrogen) atoms. The SMILES string of the molecule is COc1cccc([C@@H]2C(=C(O)c3ccc(OCc4ccccc4C)cc3)C(=O)C(=O)N2c2nnc(C)s2)c1. The lowest BCUT2D eigenvalue weighted by atomic mass is 9.95. The molecule has 0 radical (unpaired) electrons. The normalized spacial score (nSPS) is 16.6. The molecule has 0 unspecified atom stereocenters. The Bertz CT molecular complexity index is 1540. The van der Waals surface area contributed by atoms with Gasteiger partial charge in [-0.15, -0.1) is 10.2 Å². The van der Waals surface area contributed by atoms with Gasteiger partial charge >= 0.3 is 5.91 Å². The van der Waals surface area contributed by atoms with Crippen LogP contribution in [-0.2, 0) is 16.2 Å². The lowest BCUT2D eigenvalue weighted by Gasteiger charge is -2.23. The minimum Gasteiger partial charge on any atom is -0.507 e. The minimum atomic E-state index is -0.908. The number of aliphatic hydroxyl groups is 1. The highest BCUT2D eigenvalue weighted by atomic mass is 32.1. The highest BCUT2D eigenvalue weighted by Crippen LogP contribution is 2.43. The Kier molecular flexibility index (Phi) is 6.93. The Labute approximate surface area is 223 Å². The third-order valence-corrected chi connectivity index (χ3v) is 7.20. The molecule has 0 aliphatic carbocycles. The smallest absolute Gasteiger partial charge is 0.301 e. The molecule has 1 fully saturated rings. The van der Waals surface area contributed by atoms with Gasteiger partial charge in [0.1, 0.15) is 28.9 Å². The minimum absolute atomic E-state index is 0.0373. The average molecular weight is 528 g/mol. The maximum Gasteiger partial charge on any atom is 0.301 e. The van der Waals surface area contributed by atoms with E-state index in [1.54, 1.807) is 55.5 Å². The second kappa shape index (κ2) is 10.5. The number of Topliss-reactive ketones (excluding diaryl/α,β-unsaturated/α-hetero) is 1. The number of amides is 1. The number of hydrogen-bond donors (Lipinski definition) is 1. The number of aliphatic hydroxyl groups excluding tert-OH is 1. The van der Waals surface area contributed by atoms with E-state index < -0.39 is 17.7 Å². The molecule has 2 heterocycles. The molecule has 8 nitrogen and oxygen atoms in total. The van der Waals surface area contributed by atoms with Gasteiger partial charge in [-0.3, -0.25) is 14.5 Å². The maximum absolute atomic E-state index is 13.3. The fraction of sp³-hybridized carbons (Fsp3) is 0.172. The van der Waals surface area contributed by atoms with Crippen molar-refractivity contribution >= 4 is 33.9 Å². The van der Waals surface area contributed by atoms with Crippen LogP contribution in [0.4, 0.5) is 5.13 Å². The highest BCUT2D eigenvalue weighted by Gasteiger charge is 2.48. The number of nitrogens with zero attached hydrogens (tertiary/aromatic N) is 3. The van der Waals surface area contributed by atoms with Gasteiger partial charge in [0, 0.05) is 5.56 Å². The van der Waals surface area contributed by atoms with E-state index in [4.69, 9.17) is 9.47 Å². The molecule has 3 aromatic carbocycles. The van der Waals surface area contributed by atoms with E-state index in [2.05, 4.69) is 10.2 Å². The molecule has 1 N–H and O–H groups in total. The Balaban J connectivity index is 1.52. The quantitative estimate of drug-likeness (QED) is 0.196. The summed E-state index contributed by atoms with van der Waals surface area (Å²) in [7, 11) is 1.53. The Morgan fingerprint density at radius 2 is 1.74 bits per heavy atom. The average Bonchev–Trinajstić information content (AvgIpc) is 3.48. The molecule has 0 saturated carbocycles. The molecule has 5 rings (SSSR count). The first-order valence-electron chi connectivity index (χ1n) is 11.9. The van der Waals surface area contributed by atoms with Crippen molar-refractivity contribution in [3.63, 3.8) is 0 Å². The van der Waals surface area contributed by atoms with Gasteiger partial charge in [0.05, 0.1) is 18.7 Å². The van der Waals surface area contributed by atoms with Crippen LogP contribution in [0.3, 0.4) is 0 Å². The van der Waals surface area contributed by atoms with Crippen molar-refractivity contribution in [1.29, 1.82) is 0 Å². The molecule has 0 bridgehead atoms. The molecule has 1 atom stereocenters. The van der Waals surface area contributed by atoms with Crippen molar-refractivity contribution in [3.05, 3.63) is 106 Å². The number of aromatic nitrogens is 2. The van der Waals surface area contributed by atoms with Crippen LogP contribution in [0.1, 0.15) is 33.3 Å². The van der Waals surface area contributed by atoms with Crippen molar-refractivity contribution in [2.24, 2.45) is 0 Å². The van der Waals surface area contributed by atoms with Crippen LogP contribution >= 0.6 is 11.3 Å². The van der Waals surface area contributed by atoms with Crippen molar-refractivity contribution < 1.29 is 24.2 Å². The number of aryl methyl sites for hydroxylation is 2. The summed E-state index contributed by atoms with van der Waals surface area (Å²) in [5, 5.41) is 20.4. The lowest BCUT2D eigenvalue weighted by molar-refractivity contribution is -0.132. The number of hydrogen-bond acceptors (Lipinski definition) is 8. The number of carbonyl (C=O) groups is 2. The van der Waals surface area contributed by atoms with Crippen LogP contribution < -0.4 is 14.4 Å². The molecule has 1 aliphatic rings. The summed E-state index contributed by atoms with van der Waals surface area (Å²) in [6, 6.07) is 20.9. The number of ether oxygens (including phenoxy) is 2. The summed E-state index contributed by atoms with van der Waals surface area (Å²) >= 11 is 1.19. The Morgan fingerprint density at radius 1 is 0.974 bits per heavy atom. The zero-order valence-corrected chi connectivity index (χ0v) is 21.9. The van der Waals surface area contributed by atoms with Gasteiger partial charge in [-0.25, -0.2) is 0 Å². The van der Waals surface area contributed by atoms with Crippen molar-refractivity contribution in [2.75, 3.05) is 12.0 Å². The topological polar surface area (TPSA) is 102 Å². The van der Waals surface area contributed by atoms with Gasteiger partial charge in [0.15, 0.2) is 0 Å². The monoisotopic (exact) mass is 527 g/mol. The largest absolute Gasteiger partial charge is 0.507 e. The number of carbonyl (C=O) groups excluding carboxylic acids is 2. The molecule has 1 aliphatic heterocycles. The maximum atomic E-state index is 13.3. The van der Waals surface area contributed by atoms with Gasteiger partial charge in [-0.2, -0.15) is 0 Å². The first kappa shape index (κ1) is 25.2. The van der Waals surface area contributed by atoms with E-state index in [1.165, 1.54) is 23.3 Å². The third kappa shape index (κ3) is 4.76. The van der Waals surface area contributed by atoms with E-state index in [0.29, 0.717) is 34.2 Å². The highest BCUT2D eigenvalue weighted by molar-refractivity contribution is 7.15. The molecule has 1 amide bonds. The van der Waals surface area contributed by atoms with Crippen LogP contribution in [0, 0.1) is 13.8 Å². The van der Waals surface area contributed by atoms with E-state index in [-0.39, 0.29) is 16.5 Å². The summed E-state index contributed by atoms with van der Waals surface area (Å²) in [5.74, 6) is -0.710. The summed E-state index contributed by atoms with van der Waals surface area (Å²) in [6.45, 7) is 4.19. The van der Waals surface area contributed by atoms with Crippen molar-refractivity contribution in [1.82, 2.24) is 10.2 Å². The summed E-state index contributed by atoms with van der Waals surface area (Å²) in [4.78, 5) is 27.8. The zero-order valence-electron chi connectivity index (χ0n) is 21.0. The first-order valence-corrected chi connectivity index (χ1v) is 12.7. The van der Waals surface area contributed by atoms with E-state index in [1.807, 2.05) is 31.2 Å². The first-order chi connectivity index (χ1) is 18.4. The fourth-order valence-corrected chi connectivity index (χ4v) is 5.05. The predicted octanol–water partition coefficient (Wildman–Crippen LogP) is 5.37. The summed E-state index contributed by atoms with van der Waals surface area (Å²) < 4.78 is 11.3. The molecule has 192 valence electrons. The molecular formula is C29H25N3O5S. The second-order valence-electron chi connectivity index (χ2n) is 8.79. The van der Waals surface area contributed by atoms with Gasteiger partial charge in [-0.05, 0) is 66.9 Å². The van der Waals surface area contributed by atoms with Crippen LogP contribution in [0.25, 0.3) is 5.76 Å². The molecule has 1 aromatic heterocycles. The zero-order chi connectivity index (χ0) is 26.8. The second-order valence-corrected chi connectivity index (χ2v) is 9.95. The fourth-order valence-electron chi connectivity index (χ4n) is 4.34. The third-order valence-electron chi connectivity index (χ3n) is 6.36. The van der Waals surface area contributed by atoms with Crippen LogP contribution in [0.2, 0.25) is 0 Å². The number of ketones is 1. The van der Waals surface area contributed by atoms with Gasteiger partial charge in [0.2, 0.25) is 5.13 Å². The van der Waals surface area contributed by atoms with Gasteiger partial charge in [0.25, 0.3) is 5.78 Å². The number of anilines is 1. The summed E-state index contributed by atoms with van der Waals surface area (Å²) in [6.07, 6.45) is 0. The van der Waals surface area contributed by atoms with Gasteiger partial charge < -0.3 is 14.6 Å². The Morgan fingerprint density at radius 3 is 2.42 bits per heavy atom. The van der Waals surface area contributed by atoms with E-state index in [9.17, 15) is 14.7 Å². The van der Waals surface area contributed by atoms with Crippen LogP contribution in [0.15, 0.2) is 78.4 Å². The number of rotatable bonds is 7. The van der Waals surface area contributed by atoms with Crippen LogP contribution in [-0.4, -0.2) is 34.1 Å². The molecule has 0 spiro atoms. The lowest BCUT2D eigenvalue weighted by Crippen LogP contribution is -2.29. The number of methoxy groups -OCH3 is 1. The standard InChI is InChI=1S/C29H25N3O5S/c1-17-7-4-5-8-21(17)16-37-22-13-11-19(12-14-22)26(33)24-25(20-9-6-10-23(15-20)36-3)32(28(35)27(24)34)29-31-30-18(2)38-29/h4-15,25,33H,16H2,1-3H3/t25-/m1/s1. The predicted molar refractivity (Wildman–Crippen MR) is 144 cm³/mol. The molecular weight excluding hydrogens is 502 g/mol. The van der Waals surface area contributed by atoms with E-state index >= 15 is 0 Å². The molecule has 9 heteroatoms. The van der Waals surface area contributed by atoms with Gasteiger partial charge in [-0.1, -0.05) is 47.7 Å².